The van der Waals surface area contributed by atoms with Crippen LogP contribution in [-0.4, -0.2) is 26.0 Å². The molecular weight excluding hydrogens is 320 g/mol. The van der Waals surface area contributed by atoms with E-state index < -0.39 is 0 Å². The predicted octanol–water partition coefficient (Wildman–Crippen LogP) is 4.21. The van der Waals surface area contributed by atoms with Crippen molar-refractivity contribution in [3.8, 4) is 5.75 Å². The molecule has 4 aromatic rings. The summed E-state index contributed by atoms with van der Waals surface area (Å²) in [6.07, 6.45) is 2.09. The number of hydrogen-bond acceptors (Lipinski definition) is 4. The van der Waals surface area contributed by atoms with Crippen LogP contribution in [-0.2, 0) is 5.75 Å². The molecule has 0 saturated carbocycles. The van der Waals surface area contributed by atoms with Gasteiger partial charge in [-0.05, 0) is 38.1 Å². The van der Waals surface area contributed by atoms with E-state index in [9.17, 15) is 0 Å². The lowest BCUT2D eigenvalue weighted by atomic mass is 10.3. The van der Waals surface area contributed by atoms with Crippen LogP contribution in [0.4, 0.5) is 0 Å². The fourth-order valence-corrected chi connectivity index (χ4v) is 3.47. The molecule has 0 aliphatic rings. The van der Waals surface area contributed by atoms with Crippen LogP contribution in [0.1, 0.15) is 18.3 Å². The maximum absolute atomic E-state index is 5.53. The number of H-pyrrole nitrogens is 1. The minimum Gasteiger partial charge on any atom is -0.494 e. The predicted molar refractivity (Wildman–Crippen MR) is 96.8 cm³/mol. The van der Waals surface area contributed by atoms with Crippen LogP contribution in [0.15, 0.2) is 47.8 Å². The van der Waals surface area contributed by atoms with Gasteiger partial charge in [0.1, 0.15) is 11.4 Å². The molecule has 0 radical (unpaired) electrons. The Morgan fingerprint density at radius 2 is 2.12 bits per heavy atom. The molecule has 0 spiro atoms. The summed E-state index contributed by atoms with van der Waals surface area (Å²) in [6, 6.07) is 12.1. The number of rotatable bonds is 5. The van der Waals surface area contributed by atoms with E-state index in [2.05, 4.69) is 38.5 Å². The number of ether oxygens (including phenoxy) is 1. The summed E-state index contributed by atoms with van der Waals surface area (Å²) in [4.78, 5) is 12.6. The summed E-state index contributed by atoms with van der Waals surface area (Å²) in [7, 11) is 0. The SMILES string of the molecule is CCOc1ccc2nc(SCc3cn4c(C)cccc4n3)[nH]c2c1. The Labute approximate surface area is 144 Å². The van der Waals surface area contributed by atoms with Gasteiger partial charge in [0.15, 0.2) is 5.16 Å². The quantitative estimate of drug-likeness (QED) is 0.554. The van der Waals surface area contributed by atoms with Crippen LogP contribution in [0.25, 0.3) is 16.7 Å². The second-order valence-electron chi connectivity index (χ2n) is 5.57. The van der Waals surface area contributed by atoms with Crippen molar-refractivity contribution >= 4 is 28.4 Å². The third-order valence-electron chi connectivity index (χ3n) is 3.85. The number of aromatic amines is 1. The van der Waals surface area contributed by atoms with Crippen LogP contribution in [0.2, 0.25) is 0 Å². The van der Waals surface area contributed by atoms with Crippen LogP contribution in [0.3, 0.4) is 0 Å². The number of imidazole rings is 2. The average Bonchev–Trinajstić information content (AvgIpc) is 3.17. The highest BCUT2D eigenvalue weighted by Crippen LogP contribution is 2.25. The van der Waals surface area contributed by atoms with Crippen molar-refractivity contribution in [3.05, 3.63) is 54.0 Å². The van der Waals surface area contributed by atoms with Crippen molar-refractivity contribution in [3.63, 3.8) is 0 Å². The maximum atomic E-state index is 5.53. The van der Waals surface area contributed by atoms with Crippen LogP contribution in [0, 0.1) is 6.92 Å². The molecule has 6 heteroatoms. The van der Waals surface area contributed by atoms with Crippen molar-refractivity contribution in [2.24, 2.45) is 0 Å². The highest BCUT2D eigenvalue weighted by atomic mass is 32.2. The van der Waals surface area contributed by atoms with Gasteiger partial charge in [0.25, 0.3) is 0 Å². The van der Waals surface area contributed by atoms with Gasteiger partial charge in [-0.3, -0.25) is 0 Å². The molecule has 0 fully saturated rings. The molecule has 122 valence electrons. The smallest absolute Gasteiger partial charge is 0.166 e. The van der Waals surface area contributed by atoms with Gasteiger partial charge in [-0.15, -0.1) is 0 Å². The number of aromatic nitrogens is 4. The molecule has 0 aliphatic carbocycles. The van der Waals surface area contributed by atoms with Crippen LogP contribution in [0.5, 0.6) is 5.75 Å². The molecule has 0 saturated heterocycles. The number of thioether (sulfide) groups is 1. The molecular formula is C18H18N4OS. The van der Waals surface area contributed by atoms with Gasteiger partial charge in [-0.25, -0.2) is 9.97 Å². The normalized spacial score (nSPS) is 11.4. The molecule has 3 aromatic heterocycles. The van der Waals surface area contributed by atoms with Crippen molar-refractivity contribution in [1.82, 2.24) is 19.4 Å². The molecule has 5 nitrogen and oxygen atoms in total. The number of aryl methyl sites for hydroxylation is 1. The lowest BCUT2D eigenvalue weighted by Gasteiger charge is -2.00. The summed E-state index contributed by atoms with van der Waals surface area (Å²) in [5.74, 6) is 1.64. The number of nitrogens with zero attached hydrogens (tertiary/aromatic N) is 3. The Bertz CT molecular complexity index is 1000. The summed E-state index contributed by atoms with van der Waals surface area (Å²) in [5, 5.41) is 0.896. The Balaban J connectivity index is 1.54. The highest BCUT2D eigenvalue weighted by molar-refractivity contribution is 7.98. The standard InChI is InChI=1S/C18H18N4OS/c1-3-23-14-7-8-15-16(9-14)21-18(20-15)24-11-13-10-22-12(2)5-4-6-17(22)19-13/h4-10H,3,11H2,1-2H3,(H,20,21). The average molecular weight is 338 g/mol. The molecule has 1 N–H and O–H groups in total. The van der Waals surface area contributed by atoms with Crippen LogP contribution >= 0.6 is 11.8 Å². The molecule has 0 bridgehead atoms. The van der Waals surface area contributed by atoms with E-state index in [-0.39, 0.29) is 0 Å². The molecule has 0 atom stereocenters. The van der Waals surface area contributed by atoms with E-state index in [0.717, 1.165) is 39.0 Å². The number of hydrogen-bond donors (Lipinski definition) is 1. The van der Waals surface area contributed by atoms with Gasteiger partial charge >= 0.3 is 0 Å². The summed E-state index contributed by atoms with van der Waals surface area (Å²) < 4.78 is 7.64. The second kappa shape index (κ2) is 6.20. The molecule has 4 rings (SSSR count). The zero-order chi connectivity index (χ0) is 16.5. The number of pyridine rings is 1. The summed E-state index contributed by atoms with van der Waals surface area (Å²) in [5.41, 5.74) is 5.16. The summed E-state index contributed by atoms with van der Waals surface area (Å²) in [6.45, 7) is 4.73. The van der Waals surface area contributed by atoms with Gasteiger partial charge in [0.05, 0.1) is 23.3 Å². The first kappa shape index (κ1) is 15.1. The largest absolute Gasteiger partial charge is 0.494 e. The van der Waals surface area contributed by atoms with Crippen molar-refractivity contribution in [1.29, 1.82) is 0 Å². The van der Waals surface area contributed by atoms with Crippen molar-refractivity contribution in [2.75, 3.05) is 6.61 Å². The van der Waals surface area contributed by atoms with Gasteiger partial charge in [-0.2, -0.15) is 0 Å². The Kier molecular flexibility index (Phi) is 3.90. The van der Waals surface area contributed by atoms with Crippen molar-refractivity contribution < 1.29 is 4.74 Å². The molecule has 24 heavy (non-hydrogen) atoms. The van der Waals surface area contributed by atoms with Gasteiger partial charge in [0.2, 0.25) is 0 Å². The highest BCUT2D eigenvalue weighted by Gasteiger charge is 2.08. The molecule has 0 aliphatic heterocycles. The Morgan fingerprint density at radius 3 is 2.96 bits per heavy atom. The van der Waals surface area contributed by atoms with Gasteiger partial charge in [0, 0.05) is 23.7 Å². The topological polar surface area (TPSA) is 55.2 Å². The lowest BCUT2D eigenvalue weighted by molar-refractivity contribution is 0.340. The van der Waals surface area contributed by atoms with E-state index >= 15 is 0 Å². The van der Waals surface area contributed by atoms with E-state index in [0.29, 0.717) is 6.61 Å². The van der Waals surface area contributed by atoms with Crippen molar-refractivity contribution in [2.45, 2.75) is 24.8 Å². The fourth-order valence-electron chi connectivity index (χ4n) is 2.70. The lowest BCUT2D eigenvalue weighted by Crippen LogP contribution is -1.90. The minimum absolute atomic E-state index is 0.661. The maximum Gasteiger partial charge on any atom is 0.166 e. The minimum atomic E-state index is 0.661. The molecule has 3 heterocycles. The first-order chi connectivity index (χ1) is 11.7. The fraction of sp³-hybridized carbons (Fsp3) is 0.222. The van der Waals surface area contributed by atoms with Gasteiger partial charge in [-0.1, -0.05) is 17.8 Å². The number of nitrogens with one attached hydrogen (secondary N) is 1. The Morgan fingerprint density at radius 1 is 1.21 bits per heavy atom. The molecule has 0 amide bonds. The third-order valence-corrected chi connectivity index (χ3v) is 4.75. The number of fused-ring (bicyclic) bond motifs is 2. The summed E-state index contributed by atoms with van der Waals surface area (Å²) >= 11 is 1.66. The van der Waals surface area contributed by atoms with E-state index in [1.54, 1.807) is 11.8 Å². The monoisotopic (exact) mass is 338 g/mol. The van der Waals surface area contributed by atoms with Crippen LogP contribution < -0.4 is 4.74 Å². The number of benzene rings is 1. The first-order valence-corrected chi connectivity index (χ1v) is 8.90. The zero-order valence-corrected chi connectivity index (χ0v) is 14.4. The Hall–Kier alpha value is -2.47. The molecule has 0 unspecified atom stereocenters. The third kappa shape index (κ3) is 2.85. The van der Waals surface area contributed by atoms with Gasteiger partial charge < -0.3 is 14.1 Å². The van der Waals surface area contributed by atoms with E-state index in [1.165, 1.54) is 5.69 Å². The van der Waals surface area contributed by atoms with E-state index in [4.69, 9.17) is 4.74 Å². The first-order valence-electron chi connectivity index (χ1n) is 7.92. The zero-order valence-electron chi connectivity index (χ0n) is 13.6. The second-order valence-corrected chi connectivity index (χ2v) is 6.53. The molecule has 1 aromatic carbocycles. The van der Waals surface area contributed by atoms with E-state index in [1.807, 2.05) is 37.3 Å².